The normalized spacial score (nSPS) is 22.8. The predicted molar refractivity (Wildman–Crippen MR) is 77.5 cm³/mol. The van der Waals surface area contributed by atoms with Crippen LogP contribution in [0.25, 0.3) is 0 Å². The molecule has 1 saturated heterocycles. The zero-order chi connectivity index (χ0) is 13.7. The molecule has 106 valence electrons. The highest BCUT2D eigenvalue weighted by Crippen LogP contribution is 2.23. The molecule has 2 unspecified atom stereocenters. The van der Waals surface area contributed by atoms with Crippen LogP contribution in [0.1, 0.15) is 44.3 Å². The summed E-state index contributed by atoms with van der Waals surface area (Å²) in [6, 6.07) is 8.30. The number of ether oxygens (including phenoxy) is 1. The third kappa shape index (κ3) is 3.95. The van der Waals surface area contributed by atoms with E-state index < -0.39 is 6.10 Å². The lowest BCUT2D eigenvalue weighted by Crippen LogP contribution is -2.36. The first-order valence-electron chi connectivity index (χ1n) is 7.27. The van der Waals surface area contributed by atoms with Crippen molar-refractivity contribution in [3.05, 3.63) is 29.8 Å². The van der Waals surface area contributed by atoms with Gasteiger partial charge in [-0.05, 0) is 44.0 Å². The van der Waals surface area contributed by atoms with Gasteiger partial charge in [0, 0.05) is 12.6 Å². The number of β-amino-alcohol motifs (C(OH)–C–C–N with tert-alkyl or cyclic N) is 1. The fraction of sp³-hybridized carbons (Fsp3) is 0.625. The molecule has 2 atom stereocenters. The number of hydrogen-bond acceptors (Lipinski definition) is 3. The minimum absolute atomic E-state index is 0.435. The topological polar surface area (TPSA) is 32.7 Å². The van der Waals surface area contributed by atoms with Crippen molar-refractivity contribution in [3.8, 4) is 5.75 Å². The lowest BCUT2D eigenvalue weighted by Gasteiger charge is -2.29. The molecule has 1 aromatic carbocycles. The Bertz CT molecular complexity index is 394. The summed E-state index contributed by atoms with van der Waals surface area (Å²) in [4.78, 5) is 2.41. The standard InChI is InChI=1S/C16H25NO2/c1-13-7-4-3-5-10-17(13)12-16(18)14-8-6-9-15(11-14)19-2/h6,8-9,11,13,16,18H,3-5,7,10,12H2,1-2H3. The monoisotopic (exact) mass is 263 g/mol. The van der Waals surface area contributed by atoms with Gasteiger partial charge in [-0.2, -0.15) is 0 Å². The first kappa shape index (κ1) is 14.4. The van der Waals surface area contributed by atoms with Gasteiger partial charge in [0.2, 0.25) is 0 Å². The Morgan fingerprint density at radius 1 is 1.37 bits per heavy atom. The molecule has 3 heteroatoms. The molecule has 1 fully saturated rings. The van der Waals surface area contributed by atoms with Crippen LogP contribution in [0.3, 0.4) is 0 Å². The smallest absolute Gasteiger partial charge is 0.119 e. The Morgan fingerprint density at radius 3 is 3.00 bits per heavy atom. The number of aliphatic hydroxyl groups excluding tert-OH is 1. The fourth-order valence-corrected chi connectivity index (χ4v) is 2.78. The Hall–Kier alpha value is -1.06. The Balaban J connectivity index is 2.00. The van der Waals surface area contributed by atoms with Gasteiger partial charge < -0.3 is 9.84 Å². The van der Waals surface area contributed by atoms with E-state index in [1.165, 1.54) is 25.7 Å². The van der Waals surface area contributed by atoms with Crippen molar-refractivity contribution in [3.63, 3.8) is 0 Å². The van der Waals surface area contributed by atoms with E-state index in [0.717, 1.165) is 17.9 Å². The number of likely N-dealkylation sites (tertiary alicyclic amines) is 1. The summed E-state index contributed by atoms with van der Waals surface area (Å²) >= 11 is 0. The molecule has 0 radical (unpaired) electrons. The second-order valence-electron chi connectivity index (χ2n) is 5.49. The second kappa shape index (κ2) is 6.92. The second-order valence-corrected chi connectivity index (χ2v) is 5.49. The number of methoxy groups -OCH3 is 1. The van der Waals surface area contributed by atoms with E-state index in [9.17, 15) is 5.11 Å². The Labute approximate surface area is 116 Å². The molecule has 1 aromatic rings. The maximum atomic E-state index is 10.4. The van der Waals surface area contributed by atoms with Crippen molar-refractivity contribution in [1.82, 2.24) is 4.90 Å². The van der Waals surface area contributed by atoms with Crippen LogP contribution in [0.2, 0.25) is 0 Å². The van der Waals surface area contributed by atoms with Crippen molar-refractivity contribution >= 4 is 0 Å². The number of hydrogen-bond donors (Lipinski definition) is 1. The largest absolute Gasteiger partial charge is 0.497 e. The molecule has 0 bridgehead atoms. The van der Waals surface area contributed by atoms with Gasteiger partial charge >= 0.3 is 0 Å². The van der Waals surface area contributed by atoms with Gasteiger partial charge in [-0.15, -0.1) is 0 Å². The van der Waals surface area contributed by atoms with Crippen molar-refractivity contribution in [1.29, 1.82) is 0 Å². The highest BCUT2D eigenvalue weighted by Gasteiger charge is 2.20. The lowest BCUT2D eigenvalue weighted by atomic mass is 10.1. The summed E-state index contributed by atoms with van der Waals surface area (Å²) < 4.78 is 5.21. The van der Waals surface area contributed by atoms with Gasteiger partial charge in [0.15, 0.2) is 0 Å². The van der Waals surface area contributed by atoms with Crippen LogP contribution in [0.15, 0.2) is 24.3 Å². The van der Waals surface area contributed by atoms with E-state index in [-0.39, 0.29) is 0 Å². The third-order valence-corrected chi connectivity index (χ3v) is 4.08. The SMILES string of the molecule is COc1cccc(C(O)CN2CCCCCC2C)c1. The predicted octanol–water partition coefficient (Wildman–Crippen LogP) is 2.99. The quantitative estimate of drug-likeness (QED) is 0.906. The molecule has 0 aromatic heterocycles. The average molecular weight is 263 g/mol. The van der Waals surface area contributed by atoms with E-state index in [0.29, 0.717) is 12.6 Å². The molecule has 1 aliphatic heterocycles. The van der Waals surface area contributed by atoms with Crippen LogP contribution in [0.5, 0.6) is 5.75 Å². The van der Waals surface area contributed by atoms with Gasteiger partial charge in [0.1, 0.15) is 5.75 Å². The van der Waals surface area contributed by atoms with E-state index in [1.807, 2.05) is 24.3 Å². The molecule has 3 nitrogen and oxygen atoms in total. The Morgan fingerprint density at radius 2 is 2.21 bits per heavy atom. The highest BCUT2D eigenvalue weighted by molar-refractivity contribution is 5.29. The lowest BCUT2D eigenvalue weighted by molar-refractivity contribution is 0.0927. The van der Waals surface area contributed by atoms with Gasteiger partial charge in [0.25, 0.3) is 0 Å². The van der Waals surface area contributed by atoms with Crippen LogP contribution in [-0.2, 0) is 0 Å². The van der Waals surface area contributed by atoms with Crippen LogP contribution >= 0.6 is 0 Å². The van der Waals surface area contributed by atoms with Gasteiger partial charge in [0.05, 0.1) is 13.2 Å². The number of nitrogens with zero attached hydrogens (tertiary/aromatic N) is 1. The maximum Gasteiger partial charge on any atom is 0.119 e. The van der Waals surface area contributed by atoms with Crippen molar-refractivity contribution in [2.45, 2.75) is 44.8 Å². The minimum atomic E-state index is -0.435. The molecule has 19 heavy (non-hydrogen) atoms. The van der Waals surface area contributed by atoms with Crippen LogP contribution in [0.4, 0.5) is 0 Å². The summed E-state index contributed by atoms with van der Waals surface area (Å²) in [6.07, 6.45) is 4.68. The first-order valence-corrected chi connectivity index (χ1v) is 7.27. The van der Waals surface area contributed by atoms with Crippen molar-refractivity contribution in [2.75, 3.05) is 20.2 Å². The van der Waals surface area contributed by atoms with E-state index in [2.05, 4.69) is 11.8 Å². The number of aliphatic hydroxyl groups is 1. The zero-order valence-electron chi connectivity index (χ0n) is 12.0. The molecule has 0 aliphatic carbocycles. The van der Waals surface area contributed by atoms with Crippen molar-refractivity contribution < 1.29 is 9.84 Å². The molecular formula is C16H25NO2. The zero-order valence-corrected chi connectivity index (χ0v) is 12.0. The molecule has 1 aliphatic rings. The average Bonchev–Trinajstić information content (AvgIpc) is 2.64. The molecular weight excluding hydrogens is 238 g/mol. The molecule has 0 saturated carbocycles. The molecule has 1 heterocycles. The van der Waals surface area contributed by atoms with Crippen LogP contribution in [0, 0.1) is 0 Å². The van der Waals surface area contributed by atoms with E-state index in [1.54, 1.807) is 7.11 Å². The Kier molecular flexibility index (Phi) is 5.23. The summed E-state index contributed by atoms with van der Waals surface area (Å²) in [6.45, 7) is 4.08. The number of rotatable bonds is 4. The van der Waals surface area contributed by atoms with E-state index >= 15 is 0 Å². The molecule has 0 amide bonds. The van der Waals surface area contributed by atoms with Crippen molar-refractivity contribution in [2.24, 2.45) is 0 Å². The summed E-state index contributed by atoms with van der Waals surface area (Å²) in [5.41, 5.74) is 0.941. The third-order valence-electron chi connectivity index (χ3n) is 4.08. The minimum Gasteiger partial charge on any atom is -0.497 e. The molecule has 2 rings (SSSR count). The van der Waals surface area contributed by atoms with Gasteiger partial charge in [-0.3, -0.25) is 4.90 Å². The number of benzene rings is 1. The first-order chi connectivity index (χ1) is 9.20. The van der Waals surface area contributed by atoms with Crippen LogP contribution in [-0.4, -0.2) is 36.2 Å². The van der Waals surface area contributed by atoms with Crippen LogP contribution < -0.4 is 4.74 Å². The van der Waals surface area contributed by atoms with Gasteiger partial charge in [-0.1, -0.05) is 25.0 Å². The summed E-state index contributed by atoms with van der Waals surface area (Å²) in [7, 11) is 1.66. The van der Waals surface area contributed by atoms with E-state index in [4.69, 9.17) is 4.74 Å². The molecule has 0 spiro atoms. The summed E-state index contributed by atoms with van der Waals surface area (Å²) in [5.74, 6) is 0.806. The maximum absolute atomic E-state index is 10.4. The van der Waals surface area contributed by atoms with Gasteiger partial charge in [-0.25, -0.2) is 0 Å². The molecule has 1 N–H and O–H groups in total. The highest BCUT2D eigenvalue weighted by atomic mass is 16.5. The fourth-order valence-electron chi connectivity index (χ4n) is 2.78. The summed E-state index contributed by atoms with van der Waals surface area (Å²) in [5, 5.41) is 10.4.